The number of likely N-dealkylation sites (N-methyl/N-ethyl adjacent to an activating group) is 2. The number of carbonyl (C=O) groups excluding carboxylic acids is 2. The molecule has 2 N–H and O–H groups in total. The molecule has 22 heavy (non-hydrogen) atoms. The number of carbonyl (C=O) groups is 2. The summed E-state index contributed by atoms with van der Waals surface area (Å²) in [6.45, 7) is 6.79. The molecule has 118 valence electrons. The van der Waals surface area contributed by atoms with Crippen LogP contribution in [0.3, 0.4) is 0 Å². The Bertz CT molecular complexity index is 566. The first-order valence-electron chi connectivity index (χ1n) is 7.34. The molecule has 0 radical (unpaired) electrons. The highest BCUT2D eigenvalue weighted by molar-refractivity contribution is 5.96. The van der Waals surface area contributed by atoms with Crippen LogP contribution in [0, 0.1) is 11.3 Å². The topological polar surface area (TPSA) is 85.2 Å². The first kappa shape index (κ1) is 17.7. The van der Waals surface area contributed by atoms with E-state index in [1.165, 1.54) is 0 Å². The van der Waals surface area contributed by atoms with Crippen LogP contribution in [0.15, 0.2) is 24.3 Å². The maximum Gasteiger partial charge on any atom is 0.241 e. The van der Waals surface area contributed by atoms with Gasteiger partial charge in [0.1, 0.15) is 6.07 Å². The Morgan fingerprint density at radius 2 is 2.00 bits per heavy atom. The fourth-order valence-electron chi connectivity index (χ4n) is 2.05. The molecule has 1 rings (SSSR count). The van der Waals surface area contributed by atoms with Crippen molar-refractivity contribution in [3.8, 4) is 6.07 Å². The normalized spacial score (nSPS) is 11.6. The Labute approximate surface area is 131 Å². The third-order valence-electron chi connectivity index (χ3n) is 3.36. The van der Waals surface area contributed by atoms with Gasteiger partial charge in [-0.1, -0.05) is 19.1 Å². The van der Waals surface area contributed by atoms with Crippen LogP contribution in [-0.2, 0) is 9.59 Å². The fraction of sp³-hybridized carbons (Fsp3) is 0.438. The third-order valence-corrected chi connectivity index (χ3v) is 3.36. The summed E-state index contributed by atoms with van der Waals surface area (Å²) in [5.41, 5.74) is 0.894. The minimum Gasteiger partial charge on any atom is -0.355 e. The van der Waals surface area contributed by atoms with Crippen LogP contribution in [0.4, 0.5) is 5.69 Å². The first-order valence-corrected chi connectivity index (χ1v) is 7.34. The van der Waals surface area contributed by atoms with Crippen molar-refractivity contribution < 1.29 is 9.59 Å². The van der Waals surface area contributed by atoms with E-state index in [2.05, 4.69) is 10.6 Å². The van der Waals surface area contributed by atoms with E-state index in [4.69, 9.17) is 5.26 Å². The molecule has 0 aliphatic rings. The predicted molar refractivity (Wildman–Crippen MR) is 85.2 cm³/mol. The molecule has 0 spiro atoms. The van der Waals surface area contributed by atoms with Crippen molar-refractivity contribution in [1.82, 2.24) is 10.2 Å². The molecule has 0 unspecified atom stereocenters. The number of benzene rings is 1. The van der Waals surface area contributed by atoms with E-state index >= 15 is 0 Å². The van der Waals surface area contributed by atoms with Crippen molar-refractivity contribution in [2.75, 3.05) is 25.0 Å². The molecule has 0 saturated carbocycles. The minimum atomic E-state index is -0.473. The average molecular weight is 302 g/mol. The molecule has 0 saturated heterocycles. The Kier molecular flexibility index (Phi) is 7.06. The number of nitriles is 1. The standard InChI is InChI=1S/C16H22N4O2/c1-4-18-15(21)11-20(5-2)12(3)16(22)19-14-9-7-6-8-13(14)10-17/h6-9,12H,4-5,11H2,1-3H3,(H,18,21)(H,19,22)/t12-/m0/s1. The SMILES string of the molecule is CCNC(=O)CN(CC)[C@@H](C)C(=O)Nc1ccccc1C#N. The number of nitrogens with one attached hydrogen (secondary N) is 2. The second kappa shape index (κ2) is 8.80. The van der Waals surface area contributed by atoms with Gasteiger partial charge in [-0.05, 0) is 32.5 Å². The smallest absolute Gasteiger partial charge is 0.241 e. The lowest BCUT2D eigenvalue weighted by Crippen LogP contribution is -2.46. The van der Waals surface area contributed by atoms with Gasteiger partial charge in [-0.2, -0.15) is 5.26 Å². The maximum atomic E-state index is 12.3. The molecule has 0 bridgehead atoms. The summed E-state index contributed by atoms with van der Waals surface area (Å²) in [4.78, 5) is 25.8. The van der Waals surface area contributed by atoms with Crippen LogP contribution in [-0.4, -0.2) is 42.4 Å². The average Bonchev–Trinajstić information content (AvgIpc) is 2.52. The van der Waals surface area contributed by atoms with Gasteiger partial charge in [0, 0.05) is 6.54 Å². The molecular weight excluding hydrogens is 280 g/mol. The Morgan fingerprint density at radius 3 is 2.59 bits per heavy atom. The maximum absolute atomic E-state index is 12.3. The molecular formula is C16H22N4O2. The predicted octanol–water partition coefficient (Wildman–Crippen LogP) is 1.34. The second-order valence-corrected chi connectivity index (χ2v) is 4.84. The Balaban J connectivity index is 2.74. The molecule has 0 aliphatic carbocycles. The molecule has 0 heterocycles. The summed E-state index contributed by atoms with van der Waals surface area (Å²) in [5.74, 6) is -0.352. The van der Waals surface area contributed by atoms with Gasteiger partial charge in [-0.3, -0.25) is 14.5 Å². The van der Waals surface area contributed by atoms with Crippen LogP contribution in [0.1, 0.15) is 26.3 Å². The number of anilines is 1. The van der Waals surface area contributed by atoms with Gasteiger partial charge in [0.15, 0.2) is 0 Å². The van der Waals surface area contributed by atoms with Crippen molar-refractivity contribution in [2.45, 2.75) is 26.8 Å². The van der Waals surface area contributed by atoms with Crippen LogP contribution < -0.4 is 10.6 Å². The molecule has 0 aromatic heterocycles. The largest absolute Gasteiger partial charge is 0.355 e. The van der Waals surface area contributed by atoms with Gasteiger partial charge < -0.3 is 10.6 Å². The van der Waals surface area contributed by atoms with Crippen molar-refractivity contribution in [2.24, 2.45) is 0 Å². The number of hydrogen-bond donors (Lipinski definition) is 2. The third kappa shape index (κ3) is 4.86. The van der Waals surface area contributed by atoms with Gasteiger partial charge in [-0.25, -0.2) is 0 Å². The highest BCUT2D eigenvalue weighted by Gasteiger charge is 2.22. The number of nitrogens with zero attached hydrogens (tertiary/aromatic N) is 2. The zero-order chi connectivity index (χ0) is 16.5. The number of amides is 2. The van der Waals surface area contributed by atoms with Crippen molar-refractivity contribution in [3.63, 3.8) is 0 Å². The summed E-state index contributed by atoms with van der Waals surface area (Å²) >= 11 is 0. The number of hydrogen-bond acceptors (Lipinski definition) is 4. The van der Waals surface area contributed by atoms with Crippen LogP contribution in [0.25, 0.3) is 0 Å². The first-order chi connectivity index (χ1) is 10.5. The van der Waals surface area contributed by atoms with Crippen LogP contribution >= 0.6 is 0 Å². The van der Waals surface area contributed by atoms with Crippen molar-refractivity contribution in [3.05, 3.63) is 29.8 Å². The van der Waals surface area contributed by atoms with E-state index in [0.717, 1.165) is 0 Å². The van der Waals surface area contributed by atoms with Gasteiger partial charge in [0.25, 0.3) is 0 Å². The summed E-state index contributed by atoms with van der Waals surface area (Å²) < 4.78 is 0. The lowest BCUT2D eigenvalue weighted by Gasteiger charge is -2.26. The zero-order valence-corrected chi connectivity index (χ0v) is 13.2. The molecule has 6 nitrogen and oxygen atoms in total. The molecule has 1 atom stereocenters. The number of rotatable bonds is 7. The zero-order valence-electron chi connectivity index (χ0n) is 13.2. The van der Waals surface area contributed by atoms with Crippen molar-refractivity contribution >= 4 is 17.5 Å². The summed E-state index contributed by atoms with van der Waals surface area (Å²) in [7, 11) is 0. The number of para-hydroxylation sites is 1. The fourth-order valence-corrected chi connectivity index (χ4v) is 2.05. The van der Waals surface area contributed by atoms with Crippen LogP contribution in [0.2, 0.25) is 0 Å². The van der Waals surface area contributed by atoms with E-state index in [1.54, 1.807) is 36.1 Å². The van der Waals surface area contributed by atoms with E-state index < -0.39 is 6.04 Å². The minimum absolute atomic E-state index is 0.110. The molecule has 1 aromatic rings. The molecule has 2 amide bonds. The summed E-state index contributed by atoms with van der Waals surface area (Å²) in [6, 6.07) is 8.39. The van der Waals surface area contributed by atoms with Gasteiger partial charge in [0.05, 0.1) is 23.8 Å². The Hall–Kier alpha value is -2.39. The highest BCUT2D eigenvalue weighted by atomic mass is 16.2. The van der Waals surface area contributed by atoms with Crippen LogP contribution in [0.5, 0.6) is 0 Å². The molecule has 0 fully saturated rings. The van der Waals surface area contributed by atoms with E-state index in [1.807, 2.05) is 19.9 Å². The quantitative estimate of drug-likeness (QED) is 0.796. The van der Waals surface area contributed by atoms with Gasteiger partial charge in [-0.15, -0.1) is 0 Å². The van der Waals surface area contributed by atoms with E-state index in [-0.39, 0.29) is 18.4 Å². The van der Waals surface area contributed by atoms with Gasteiger partial charge in [0.2, 0.25) is 11.8 Å². The van der Waals surface area contributed by atoms with E-state index in [0.29, 0.717) is 24.3 Å². The molecule has 0 aliphatic heterocycles. The van der Waals surface area contributed by atoms with E-state index in [9.17, 15) is 9.59 Å². The monoisotopic (exact) mass is 302 g/mol. The highest BCUT2D eigenvalue weighted by Crippen LogP contribution is 2.14. The lowest BCUT2D eigenvalue weighted by atomic mass is 10.2. The second-order valence-electron chi connectivity index (χ2n) is 4.84. The molecule has 1 aromatic carbocycles. The summed E-state index contributed by atoms with van der Waals surface area (Å²) in [5, 5.41) is 14.5. The van der Waals surface area contributed by atoms with Gasteiger partial charge >= 0.3 is 0 Å². The summed E-state index contributed by atoms with van der Waals surface area (Å²) in [6.07, 6.45) is 0. The van der Waals surface area contributed by atoms with Crippen molar-refractivity contribution in [1.29, 1.82) is 5.26 Å². The Morgan fingerprint density at radius 1 is 1.32 bits per heavy atom. The lowest BCUT2D eigenvalue weighted by molar-refractivity contribution is -0.125. The molecule has 6 heteroatoms.